The molecule has 1 fully saturated rings. The number of methoxy groups -OCH3 is 1. The quantitative estimate of drug-likeness (QED) is 0.489. The first-order valence-electron chi connectivity index (χ1n) is 7.88. The third-order valence-electron chi connectivity index (χ3n) is 4.48. The number of hydrogen-bond donors (Lipinski definition) is 0. The largest absolute Gasteiger partial charge is 0.469 e. The number of non-ortho nitro benzene ring substituents is 1. The summed E-state index contributed by atoms with van der Waals surface area (Å²) in [4.78, 5) is 29.0. The number of piperidine rings is 1. The molecule has 7 heteroatoms. The van der Waals surface area contributed by atoms with Crippen LogP contribution in [0.2, 0.25) is 0 Å². The zero-order valence-corrected chi connectivity index (χ0v) is 13.7. The van der Waals surface area contributed by atoms with Crippen molar-refractivity contribution in [3.8, 4) is 0 Å². The van der Waals surface area contributed by atoms with E-state index in [0.29, 0.717) is 25.9 Å². The SMILES string of the molecule is COC(=O)C1CCN(c2cc(C)nc3ccc([N+](=O)[O-])cc23)CC1. The molecule has 0 atom stereocenters. The predicted octanol–water partition coefficient (Wildman–Crippen LogP) is 2.84. The van der Waals surface area contributed by atoms with Gasteiger partial charge in [0.1, 0.15) is 0 Å². The Balaban J connectivity index is 1.95. The fraction of sp³-hybridized carbons (Fsp3) is 0.412. The highest BCUT2D eigenvalue weighted by atomic mass is 16.6. The zero-order valence-electron chi connectivity index (χ0n) is 13.7. The molecule has 1 aromatic heterocycles. The number of ether oxygens (including phenoxy) is 1. The summed E-state index contributed by atoms with van der Waals surface area (Å²) >= 11 is 0. The number of rotatable bonds is 3. The number of nitrogens with zero attached hydrogens (tertiary/aromatic N) is 3. The summed E-state index contributed by atoms with van der Waals surface area (Å²) in [6.07, 6.45) is 1.43. The van der Waals surface area contributed by atoms with Crippen LogP contribution in [0.4, 0.5) is 11.4 Å². The second-order valence-corrected chi connectivity index (χ2v) is 6.03. The summed E-state index contributed by atoms with van der Waals surface area (Å²) in [7, 11) is 1.41. The summed E-state index contributed by atoms with van der Waals surface area (Å²) in [5.74, 6) is -0.240. The molecule has 0 radical (unpaired) electrons. The number of fused-ring (bicyclic) bond motifs is 1. The van der Waals surface area contributed by atoms with Gasteiger partial charge in [-0.25, -0.2) is 0 Å². The average molecular weight is 329 g/mol. The van der Waals surface area contributed by atoms with Gasteiger partial charge in [-0.15, -0.1) is 0 Å². The number of nitro groups is 1. The fourth-order valence-corrected chi connectivity index (χ4v) is 3.22. The van der Waals surface area contributed by atoms with Gasteiger partial charge in [0.05, 0.1) is 23.5 Å². The van der Waals surface area contributed by atoms with Crippen LogP contribution in [0.3, 0.4) is 0 Å². The summed E-state index contributed by atoms with van der Waals surface area (Å²) in [5.41, 5.74) is 2.59. The molecule has 0 saturated carbocycles. The van der Waals surface area contributed by atoms with E-state index in [1.165, 1.54) is 13.2 Å². The number of esters is 1. The highest BCUT2D eigenvalue weighted by Gasteiger charge is 2.27. The van der Waals surface area contributed by atoms with Gasteiger partial charge in [0, 0.05) is 42.0 Å². The molecule has 1 saturated heterocycles. The van der Waals surface area contributed by atoms with Gasteiger partial charge in [-0.2, -0.15) is 0 Å². The van der Waals surface area contributed by atoms with Crippen LogP contribution in [-0.2, 0) is 9.53 Å². The normalized spacial score (nSPS) is 15.5. The minimum absolute atomic E-state index is 0.0545. The molecular formula is C17H19N3O4. The summed E-state index contributed by atoms with van der Waals surface area (Å²) < 4.78 is 4.82. The van der Waals surface area contributed by atoms with Crippen molar-refractivity contribution in [1.82, 2.24) is 4.98 Å². The highest BCUT2D eigenvalue weighted by Crippen LogP contribution is 2.32. The van der Waals surface area contributed by atoms with E-state index >= 15 is 0 Å². The third-order valence-corrected chi connectivity index (χ3v) is 4.48. The number of anilines is 1. The van der Waals surface area contributed by atoms with Gasteiger partial charge in [-0.1, -0.05) is 0 Å². The number of carbonyl (C=O) groups excluding carboxylic acids is 1. The molecule has 2 heterocycles. The van der Waals surface area contributed by atoms with Gasteiger partial charge in [-0.3, -0.25) is 19.9 Å². The molecule has 0 N–H and O–H groups in total. The summed E-state index contributed by atoms with van der Waals surface area (Å²) in [6, 6.07) is 6.68. The van der Waals surface area contributed by atoms with E-state index < -0.39 is 4.92 Å². The number of benzene rings is 1. The number of hydrogen-bond acceptors (Lipinski definition) is 6. The molecule has 3 rings (SSSR count). The second-order valence-electron chi connectivity index (χ2n) is 6.03. The Morgan fingerprint density at radius 1 is 1.33 bits per heavy atom. The van der Waals surface area contributed by atoms with Crippen molar-refractivity contribution in [2.45, 2.75) is 19.8 Å². The van der Waals surface area contributed by atoms with Crippen molar-refractivity contribution in [3.05, 3.63) is 40.1 Å². The number of pyridine rings is 1. The molecule has 0 amide bonds. The van der Waals surface area contributed by atoms with Gasteiger partial charge < -0.3 is 9.64 Å². The van der Waals surface area contributed by atoms with Crippen LogP contribution >= 0.6 is 0 Å². The summed E-state index contributed by atoms with van der Waals surface area (Å²) in [5, 5.41) is 11.8. The molecule has 126 valence electrons. The minimum Gasteiger partial charge on any atom is -0.469 e. The second kappa shape index (κ2) is 6.43. The molecule has 7 nitrogen and oxygen atoms in total. The molecule has 0 unspecified atom stereocenters. The molecule has 0 aliphatic carbocycles. The van der Waals surface area contributed by atoms with Crippen LogP contribution < -0.4 is 4.90 Å². The molecule has 0 spiro atoms. The van der Waals surface area contributed by atoms with Crippen LogP contribution in [0.1, 0.15) is 18.5 Å². The fourth-order valence-electron chi connectivity index (χ4n) is 3.22. The maximum atomic E-state index is 11.7. The molecule has 1 aliphatic rings. The smallest absolute Gasteiger partial charge is 0.308 e. The number of carbonyl (C=O) groups is 1. The zero-order chi connectivity index (χ0) is 17.3. The van der Waals surface area contributed by atoms with E-state index in [2.05, 4.69) is 9.88 Å². The van der Waals surface area contributed by atoms with Crippen molar-refractivity contribution in [2.24, 2.45) is 5.92 Å². The van der Waals surface area contributed by atoms with Crippen molar-refractivity contribution < 1.29 is 14.5 Å². The Hall–Kier alpha value is -2.70. The van der Waals surface area contributed by atoms with Crippen molar-refractivity contribution in [1.29, 1.82) is 0 Å². The minimum atomic E-state index is -0.396. The monoisotopic (exact) mass is 329 g/mol. The van der Waals surface area contributed by atoms with Crippen molar-refractivity contribution >= 4 is 28.2 Å². The van der Waals surface area contributed by atoms with Gasteiger partial charge in [-0.05, 0) is 31.9 Å². The maximum Gasteiger partial charge on any atom is 0.308 e. The Kier molecular flexibility index (Phi) is 4.33. The van der Waals surface area contributed by atoms with E-state index in [-0.39, 0.29) is 17.6 Å². The molecule has 2 aromatic rings. The number of aromatic nitrogens is 1. The maximum absolute atomic E-state index is 11.7. The predicted molar refractivity (Wildman–Crippen MR) is 90.1 cm³/mol. The van der Waals surface area contributed by atoms with Crippen molar-refractivity contribution in [3.63, 3.8) is 0 Å². The average Bonchev–Trinajstić information content (AvgIpc) is 2.60. The Bertz CT molecular complexity index is 798. The topological polar surface area (TPSA) is 85.6 Å². The lowest BCUT2D eigenvalue weighted by atomic mass is 9.96. The lowest BCUT2D eigenvalue weighted by Gasteiger charge is -2.33. The van der Waals surface area contributed by atoms with Crippen LogP contribution in [0.5, 0.6) is 0 Å². The number of aryl methyl sites for hydroxylation is 1. The first kappa shape index (κ1) is 16.2. The van der Waals surface area contributed by atoms with Crippen LogP contribution in [0.25, 0.3) is 10.9 Å². The van der Waals surface area contributed by atoms with Crippen LogP contribution in [0.15, 0.2) is 24.3 Å². The first-order chi connectivity index (χ1) is 11.5. The standard InChI is InChI=1S/C17H19N3O4/c1-11-9-16(19-7-5-12(6-8-19)17(21)24-2)14-10-13(20(22)23)3-4-15(14)18-11/h3-4,9-10,12H,5-8H2,1-2H3. The number of nitro benzene ring substituents is 1. The van der Waals surface area contributed by atoms with Gasteiger partial charge in [0.25, 0.3) is 5.69 Å². The van der Waals surface area contributed by atoms with E-state index in [1.54, 1.807) is 12.1 Å². The lowest BCUT2D eigenvalue weighted by molar-refractivity contribution is -0.384. The third kappa shape index (κ3) is 3.02. The Morgan fingerprint density at radius 2 is 2.04 bits per heavy atom. The van der Waals surface area contributed by atoms with E-state index in [1.807, 2.05) is 13.0 Å². The van der Waals surface area contributed by atoms with Crippen LogP contribution in [0, 0.1) is 23.0 Å². The first-order valence-corrected chi connectivity index (χ1v) is 7.88. The summed E-state index contributed by atoms with van der Waals surface area (Å²) in [6.45, 7) is 3.33. The van der Waals surface area contributed by atoms with Crippen molar-refractivity contribution in [2.75, 3.05) is 25.1 Å². The molecule has 1 aliphatic heterocycles. The highest BCUT2D eigenvalue weighted by molar-refractivity contribution is 5.93. The Labute approximate surface area is 139 Å². The van der Waals surface area contributed by atoms with E-state index in [4.69, 9.17) is 4.74 Å². The molecule has 0 bridgehead atoms. The molecular weight excluding hydrogens is 310 g/mol. The Morgan fingerprint density at radius 3 is 2.67 bits per heavy atom. The van der Waals surface area contributed by atoms with Gasteiger partial charge in [0.2, 0.25) is 0 Å². The van der Waals surface area contributed by atoms with E-state index in [9.17, 15) is 14.9 Å². The molecule has 1 aromatic carbocycles. The van der Waals surface area contributed by atoms with E-state index in [0.717, 1.165) is 22.3 Å². The van der Waals surface area contributed by atoms with Gasteiger partial charge >= 0.3 is 5.97 Å². The van der Waals surface area contributed by atoms with Crippen LogP contribution in [-0.4, -0.2) is 36.1 Å². The van der Waals surface area contributed by atoms with Gasteiger partial charge in [0.15, 0.2) is 0 Å². The molecule has 24 heavy (non-hydrogen) atoms. The lowest BCUT2D eigenvalue weighted by Crippen LogP contribution is -2.36.